The third-order valence-electron chi connectivity index (χ3n) is 1.19. The number of nitrogens with one attached hydrogen (secondary N) is 1. The van der Waals surface area contributed by atoms with E-state index in [1.807, 2.05) is 13.8 Å². The van der Waals surface area contributed by atoms with Gasteiger partial charge in [-0.05, 0) is 26.3 Å². The first-order chi connectivity index (χ1) is 5.56. The fraction of sp³-hybridized carbons (Fsp3) is 0.556. The number of rotatable bonds is 4. The SMILES string of the molecule is CC/C(F)=C/C(Cl)=C\NC(C)C. The van der Waals surface area contributed by atoms with E-state index in [0.29, 0.717) is 17.5 Å². The van der Waals surface area contributed by atoms with E-state index in [2.05, 4.69) is 5.32 Å². The molecule has 0 bridgehead atoms. The van der Waals surface area contributed by atoms with Gasteiger partial charge in [-0.1, -0.05) is 18.5 Å². The van der Waals surface area contributed by atoms with E-state index in [-0.39, 0.29) is 5.83 Å². The summed E-state index contributed by atoms with van der Waals surface area (Å²) in [4.78, 5) is 0. The maximum Gasteiger partial charge on any atom is 0.101 e. The Morgan fingerprint density at radius 2 is 2.17 bits per heavy atom. The van der Waals surface area contributed by atoms with Crippen LogP contribution >= 0.6 is 11.6 Å². The molecule has 0 radical (unpaired) electrons. The van der Waals surface area contributed by atoms with Gasteiger partial charge in [-0.2, -0.15) is 0 Å². The van der Waals surface area contributed by atoms with Gasteiger partial charge in [0.1, 0.15) is 5.83 Å². The Labute approximate surface area is 78.3 Å². The molecule has 0 saturated heterocycles. The quantitative estimate of drug-likeness (QED) is 0.673. The molecule has 0 aliphatic carbocycles. The van der Waals surface area contributed by atoms with Crippen LogP contribution in [-0.2, 0) is 0 Å². The smallest absolute Gasteiger partial charge is 0.101 e. The fourth-order valence-corrected chi connectivity index (χ4v) is 0.721. The van der Waals surface area contributed by atoms with Crippen LogP contribution in [0.5, 0.6) is 0 Å². The van der Waals surface area contributed by atoms with Crippen LogP contribution in [-0.4, -0.2) is 6.04 Å². The molecule has 12 heavy (non-hydrogen) atoms. The van der Waals surface area contributed by atoms with Crippen molar-refractivity contribution in [3.8, 4) is 0 Å². The molecule has 1 nitrogen and oxygen atoms in total. The average molecular weight is 192 g/mol. The normalized spacial score (nSPS) is 13.8. The van der Waals surface area contributed by atoms with Gasteiger partial charge in [-0.3, -0.25) is 0 Å². The summed E-state index contributed by atoms with van der Waals surface area (Å²) in [6.45, 7) is 5.72. The van der Waals surface area contributed by atoms with Crippen LogP contribution in [0.1, 0.15) is 27.2 Å². The highest BCUT2D eigenvalue weighted by Crippen LogP contribution is 2.09. The molecule has 0 unspecified atom stereocenters. The number of hydrogen-bond donors (Lipinski definition) is 1. The van der Waals surface area contributed by atoms with Crippen LogP contribution in [0.25, 0.3) is 0 Å². The van der Waals surface area contributed by atoms with E-state index in [9.17, 15) is 4.39 Å². The number of allylic oxidation sites excluding steroid dienone is 3. The molecule has 0 aromatic heterocycles. The second-order valence-corrected chi connectivity index (χ2v) is 3.23. The molecule has 0 atom stereocenters. The lowest BCUT2D eigenvalue weighted by atomic mass is 10.3. The lowest BCUT2D eigenvalue weighted by molar-refractivity contribution is 0.604. The monoisotopic (exact) mass is 191 g/mol. The van der Waals surface area contributed by atoms with Gasteiger partial charge < -0.3 is 5.32 Å². The summed E-state index contributed by atoms with van der Waals surface area (Å²) < 4.78 is 12.6. The molecule has 0 fully saturated rings. The first-order valence-electron chi connectivity index (χ1n) is 4.04. The molecular formula is C9H15ClFN. The Hall–Kier alpha value is -0.500. The topological polar surface area (TPSA) is 12.0 Å². The summed E-state index contributed by atoms with van der Waals surface area (Å²) in [6.07, 6.45) is 3.30. The van der Waals surface area contributed by atoms with Crippen LogP contribution in [0.2, 0.25) is 0 Å². The highest BCUT2D eigenvalue weighted by molar-refractivity contribution is 6.31. The molecule has 0 heterocycles. The molecule has 0 rings (SSSR count). The minimum absolute atomic E-state index is 0.207. The largest absolute Gasteiger partial charge is 0.388 e. The van der Waals surface area contributed by atoms with E-state index in [1.165, 1.54) is 6.08 Å². The number of hydrogen-bond acceptors (Lipinski definition) is 1. The Balaban J connectivity index is 4.01. The lowest BCUT2D eigenvalue weighted by Crippen LogP contribution is -2.15. The van der Waals surface area contributed by atoms with Crippen molar-refractivity contribution in [2.24, 2.45) is 0 Å². The van der Waals surface area contributed by atoms with Crippen molar-refractivity contribution in [2.75, 3.05) is 0 Å². The van der Waals surface area contributed by atoms with E-state index in [4.69, 9.17) is 11.6 Å². The standard InChI is InChI=1S/C9H15ClFN/c1-4-9(11)5-8(10)6-12-7(2)3/h5-7,12H,4H2,1-3H3/b8-6+,9-5-. The second kappa shape index (κ2) is 6.06. The predicted molar refractivity (Wildman–Crippen MR) is 51.7 cm³/mol. The van der Waals surface area contributed by atoms with Crippen LogP contribution in [0.3, 0.4) is 0 Å². The van der Waals surface area contributed by atoms with Crippen LogP contribution in [0, 0.1) is 0 Å². The minimum atomic E-state index is -0.207. The summed E-state index contributed by atoms with van der Waals surface area (Å²) in [5, 5.41) is 3.36. The lowest BCUT2D eigenvalue weighted by Gasteiger charge is -2.03. The van der Waals surface area contributed by atoms with Crippen LogP contribution < -0.4 is 5.32 Å². The van der Waals surface area contributed by atoms with Crippen molar-refractivity contribution < 1.29 is 4.39 Å². The zero-order valence-corrected chi connectivity index (χ0v) is 8.45. The predicted octanol–water partition coefficient (Wildman–Crippen LogP) is 3.33. The molecular weight excluding hydrogens is 177 g/mol. The van der Waals surface area contributed by atoms with Gasteiger partial charge in [0.25, 0.3) is 0 Å². The summed E-state index contributed by atoms with van der Waals surface area (Å²) in [7, 11) is 0. The Morgan fingerprint density at radius 1 is 1.58 bits per heavy atom. The van der Waals surface area contributed by atoms with Crippen LogP contribution in [0.15, 0.2) is 23.1 Å². The maximum absolute atomic E-state index is 12.6. The third-order valence-corrected chi connectivity index (χ3v) is 1.41. The van der Waals surface area contributed by atoms with Gasteiger partial charge in [0.15, 0.2) is 0 Å². The van der Waals surface area contributed by atoms with Gasteiger partial charge in [-0.25, -0.2) is 4.39 Å². The molecule has 0 aliphatic heterocycles. The van der Waals surface area contributed by atoms with E-state index >= 15 is 0 Å². The van der Waals surface area contributed by atoms with Gasteiger partial charge in [0, 0.05) is 12.2 Å². The van der Waals surface area contributed by atoms with Gasteiger partial charge in [0.05, 0.1) is 5.03 Å². The maximum atomic E-state index is 12.6. The van der Waals surface area contributed by atoms with Crippen molar-refractivity contribution in [1.82, 2.24) is 5.32 Å². The minimum Gasteiger partial charge on any atom is -0.388 e. The Morgan fingerprint density at radius 3 is 2.58 bits per heavy atom. The first kappa shape index (κ1) is 11.5. The highest BCUT2D eigenvalue weighted by Gasteiger charge is 1.92. The first-order valence-corrected chi connectivity index (χ1v) is 4.41. The van der Waals surface area contributed by atoms with Crippen molar-refractivity contribution >= 4 is 11.6 Å². The fourth-order valence-electron chi connectivity index (χ4n) is 0.540. The summed E-state index contributed by atoms with van der Waals surface area (Å²) in [5.74, 6) is -0.207. The van der Waals surface area contributed by atoms with E-state index < -0.39 is 0 Å². The van der Waals surface area contributed by atoms with E-state index in [1.54, 1.807) is 13.1 Å². The van der Waals surface area contributed by atoms with Crippen molar-refractivity contribution in [2.45, 2.75) is 33.2 Å². The molecule has 0 amide bonds. The van der Waals surface area contributed by atoms with Gasteiger partial charge in [0.2, 0.25) is 0 Å². The highest BCUT2D eigenvalue weighted by atomic mass is 35.5. The van der Waals surface area contributed by atoms with Crippen LogP contribution in [0.4, 0.5) is 4.39 Å². The Kier molecular flexibility index (Phi) is 5.81. The zero-order chi connectivity index (χ0) is 9.56. The van der Waals surface area contributed by atoms with Crippen molar-refractivity contribution in [3.05, 3.63) is 23.1 Å². The molecule has 0 aliphatic rings. The number of halogens is 2. The average Bonchev–Trinajstić information content (AvgIpc) is 2.00. The van der Waals surface area contributed by atoms with E-state index in [0.717, 1.165) is 0 Å². The summed E-state index contributed by atoms with van der Waals surface area (Å²) in [5.41, 5.74) is 0. The molecule has 3 heteroatoms. The van der Waals surface area contributed by atoms with Gasteiger partial charge in [-0.15, -0.1) is 0 Å². The van der Waals surface area contributed by atoms with Gasteiger partial charge >= 0.3 is 0 Å². The van der Waals surface area contributed by atoms with Crippen molar-refractivity contribution in [1.29, 1.82) is 0 Å². The molecule has 0 aromatic carbocycles. The summed E-state index contributed by atoms with van der Waals surface area (Å²) >= 11 is 5.68. The third kappa shape index (κ3) is 6.23. The zero-order valence-electron chi connectivity index (χ0n) is 7.70. The molecule has 70 valence electrons. The van der Waals surface area contributed by atoms with Crippen molar-refractivity contribution in [3.63, 3.8) is 0 Å². The molecule has 0 spiro atoms. The summed E-state index contributed by atoms with van der Waals surface area (Å²) in [6, 6.07) is 0.317. The Bertz CT molecular complexity index is 185. The molecule has 1 N–H and O–H groups in total. The molecule has 0 saturated carbocycles. The molecule has 0 aromatic rings. The second-order valence-electron chi connectivity index (χ2n) is 2.80.